The van der Waals surface area contributed by atoms with E-state index in [-0.39, 0.29) is 35.2 Å². The predicted molar refractivity (Wildman–Crippen MR) is 105 cm³/mol. The molecule has 26 heavy (non-hydrogen) atoms. The molecule has 146 valence electrons. The summed E-state index contributed by atoms with van der Waals surface area (Å²) >= 11 is 0. The molecule has 1 aliphatic rings. The van der Waals surface area contributed by atoms with E-state index in [1.54, 1.807) is 12.1 Å². The highest BCUT2D eigenvalue weighted by Gasteiger charge is 2.21. The van der Waals surface area contributed by atoms with Gasteiger partial charge in [-0.2, -0.15) is 0 Å². The summed E-state index contributed by atoms with van der Waals surface area (Å²) < 4.78 is 27.3. The highest BCUT2D eigenvalue weighted by molar-refractivity contribution is 7.89. The van der Waals surface area contributed by atoms with E-state index < -0.39 is 10.0 Å². The summed E-state index contributed by atoms with van der Waals surface area (Å²) in [5.41, 5.74) is 1.06. The lowest BCUT2D eigenvalue weighted by Crippen LogP contribution is -2.39. The van der Waals surface area contributed by atoms with Crippen LogP contribution in [0.15, 0.2) is 29.2 Å². The molecule has 1 aromatic carbocycles. The SMILES string of the molecule is CC1CCCC(NC(=O)CCNS(=O)(=O)c2ccc(C(C)(C)C)cc2)C1. The van der Waals surface area contributed by atoms with Crippen molar-refractivity contribution in [3.63, 3.8) is 0 Å². The van der Waals surface area contributed by atoms with Gasteiger partial charge in [0.25, 0.3) is 0 Å². The quantitative estimate of drug-likeness (QED) is 0.795. The summed E-state index contributed by atoms with van der Waals surface area (Å²) in [6, 6.07) is 7.14. The van der Waals surface area contributed by atoms with E-state index in [1.807, 2.05) is 12.1 Å². The first-order valence-corrected chi connectivity index (χ1v) is 11.0. The van der Waals surface area contributed by atoms with Gasteiger partial charge in [-0.1, -0.05) is 52.7 Å². The van der Waals surface area contributed by atoms with Gasteiger partial charge in [-0.05, 0) is 41.9 Å². The fourth-order valence-electron chi connectivity index (χ4n) is 3.38. The summed E-state index contributed by atoms with van der Waals surface area (Å²) in [4.78, 5) is 12.3. The Bertz CT molecular complexity index is 706. The van der Waals surface area contributed by atoms with Crippen LogP contribution in [0.1, 0.15) is 65.4 Å². The zero-order valence-corrected chi connectivity index (χ0v) is 17.2. The van der Waals surface area contributed by atoms with Crippen molar-refractivity contribution in [3.05, 3.63) is 29.8 Å². The summed E-state index contributed by atoms with van der Waals surface area (Å²) in [7, 11) is -3.59. The van der Waals surface area contributed by atoms with Crippen LogP contribution in [0, 0.1) is 5.92 Å². The number of rotatable bonds is 6. The lowest BCUT2D eigenvalue weighted by Gasteiger charge is -2.27. The molecule has 2 unspecified atom stereocenters. The smallest absolute Gasteiger partial charge is 0.240 e. The van der Waals surface area contributed by atoms with Crippen LogP contribution in [0.3, 0.4) is 0 Å². The maximum absolute atomic E-state index is 12.4. The van der Waals surface area contributed by atoms with Crippen molar-refractivity contribution in [3.8, 4) is 0 Å². The number of amides is 1. The van der Waals surface area contributed by atoms with Gasteiger partial charge in [0, 0.05) is 19.0 Å². The Hall–Kier alpha value is -1.40. The number of benzene rings is 1. The Balaban J connectivity index is 1.83. The van der Waals surface area contributed by atoms with Crippen LogP contribution < -0.4 is 10.0 Å². The van der Waals surface area contributed by atoms with E-state index in [0.717, 1.165) is 24.8 Å². The van der Waals surface area contributed by atoms with Crippen molar-refractivity contribution >= 4 is 15.9 Å². The van der Waals surface area contributed by atoms with Crippen molar-refractivity contribution in [2.75, 3.05) is 6.54 Å². The highest BCUT2D eigenvalue weighted by atomic mass is 32.2. The average Bonchev–Trinajstić information content (AvgIpc) is 2.54. The van der Waals surface area contributed by atoms with Crippen molar-refractivity contribution in [2.45, 2.75) is 76.2 Å². The third-order valence-electron chi connectivity index (χ3n) is 4.98. The molecule has 1 saturated carbocycles. The minimum absolute atomic E-state index is 0.0234. The molecule has 0 bridgehead atoms. The lowest BCUT2D eigenvalue weighted by molar-refractivity contribution is -0.121. The molecule has 0 spiro atoms. The molecule has 6 heteroatoms. The predicted octanol–water partition coefficient (Wildman–Crippen LogP) is 3.35. The Labute approximate surface area is 158 Å². The number of hydrogen-bond donors (Lipinski definition) is 2. The van der Waals surface area contributed by atoms with Crippen LogP contribution in [-0.2, 0) is 20.2 Å². The summed E-state index contributed by atoms with van der Waals surface area (Å²) in [6.07, 6.45) is 4.55. The van der Waals surface area contributed by atoms with E-state index in [4.69, 9.17) is 0 Å². The Morgan fingerprint density at radius 2 is 1.81 bits per heavy atom. The third-order valence-corrected chi connectivity index (χ3v) is 6.45. The molecule has 0 heterocycles. The molecule has 1 aliphatic carbocycles. The first-order chi connectivity index (χ1) is 12.1. The van der Waals surface area contributed by atoms with E-state index in [0.29, 0.717) is 5.92 Å². The number of carbonyl (C=O) groups excluding carboxylic acids is 1. The Morgan fingerprint density at radius 3 is 2.38 bits per heavy atom. The number of sulfonamides is 1. The molecule has 2 rings (SSSR count). The zero-order valence-electron chi connectivity index (χ0n) is 16.3. The maximum Gasteiger partial charge on any atom is 0.240 e. The first-order valence-electron chi connectivity index (χ1n) is 9.47. The largest absolute Gasteiger partial charge is 0.353 e. The maximum atomic E-state index is 12.4. The molecular weight excluding hydrogens is 348 g/mol. The molecule has 0 saturated heterocycles. The summed E-state index contributed by atoms with van der Waals surface area (Å²) in [5, 5.41) is 3.03. The second-order valence-electron chi connectivity index (χ2n) is 8.46. The van der Waals surface area contributed by atoms with E-state index in [2.05, 4.69) is 37.7 Å². The third kappa shape index (κ3) is 6.09. The summed E-state index contributed by atoms with van der Waals surface area (Å²) in [5.74, 6) is 0.554. The van der Waals surface area contributed by atoms with Gasteiger partial charge in [0.05, 0.1) is 4.90 Å². The molecular formula is C20H32N2O3S. The monoisotopic (exact) mass is 380 g/mol. The van der Waals surface area contributed by atoms with Crippen LogP contribution in [0.25, 0.3) is 0 Å². The standard InChI is InChI=1S/C20H32N2O3S/c1-15-6-5-7-17(14-15)22-19(23)12-13-21-26(24,25)18-10-8-16(9-11-18)20(2,3)4/h8-11,15,17,21H,5-7,12-14H2,1-4H3,(H,22,23). The highest BCUT2D eigenvalue weighted by Crippen LogP contribution is 2.24. The minimum Gasteiger partial charge on any atom is -0.353 e. The van der Waals surface area contributed by atoms with Gasteiger partial charge in [0.1, 0.15) is 0 Å². The van der Waals surface area contributed by atoms with Crippen LogP contribution in [-0.4, -0.2) is 26.9 Å². The normalized spacial score (nSPS) is 21.4. The van der Waals surface area contributed by atoms with Crippen molar-refractivity contribution in [1.29, 1.82) is 0 Å². The van der Waals surface area contributed by atoms with Gasteiger partial charge < -0.3 is 5.32 Å². The van der Waals surface area contributed by atoms with Gasteiger partial charge in [0.2, 0.25) is 15.9 Å². The fraction of sp³-hybridized carbons (Fsp3) is 0.650. The first kappa shape index (κ1) is 20.9. The van der Waals surface area contributed by atoms with Crippen molar-refractivity contribution < 1.29 is 13.2 Å². The van der Waals surface area contributed by atoms with Crippen molar-refractivity contribution in [2.24, 2.45) is 5.92 Å². The minimum atomic E-state index is -3.59. The van der Waals surface area contributed by atoms with E-state index in [9.17, 15) is 13.2 Å². The number of hydrogen-bond acceptors (Lipinski definition) is 3. The number of carbonyl (C=O) groups is 1. The molecule has 2 N–H and O–H groups in total. The zero-order chi connectivity index (χ0) is 19.4. The molecule has 5 nitrogen and oxygen atoms in total. The van der Waals surface area contributed by atoms with Gasteiger partial charge in [-0.15, -0.1) is 0 Å². The molecule has 1 aromatic rings. The van der Waals surface area contributed by atoms with Crippen LogP contribution in [0.4, 0.5) is 0 Å². The Morgan fingerprint density at radius 1 is 1.15 bits per heavy atom. The van der Waals surface area contributed by atoms with E-state index >= 15 is 0 Å². The second-order valence-corrected chi connectivity index (χ2v) is 10.2. The average molecular weight is 381 g/mol. The molecule has 1 fully saturated rings. The Kier molecular flexibility index (Phi) is 6.86. The van der Waals surface area contributed by atoms with Crippen molar-refractivity contribution in [1.82, 2.24) is 10.0 Å². The van der Waals surface area contributed by atoms with Crippen LogP contribution in [0.5, 0.6) is 0 Å². The molecule has 1 amide bonds. The van der Waals surface area contributed by atoms with Crippen LogP contribution in [0.2, 0.25) is 0 Å². The second kappa shape index (κ2) is 8.53. The topological polar surface area (TPSA) is 75.3 Å². The number of nitrogens with one attached hydrogen (secondary N) is 2. The van der Waals surface area contributed by atoms with Gasteiger partial charge in [-0.3, -0.25) is 4.79 Å². The van der Waals surface area contributed by atoms with Gasteiger partial charge in [-0.25, -0.2) is 13.1 Å². The molecule has 0 radical (unpaired) electrons. The molecule has 2 atom stereocenters. The lowest BCUT2D eigenvalue weighted by atomic mass is 9.87. The van der Waals surface area contributed by atoms with Gasteiger partial charge >= 0.3 is 0 Å². The summed E-state index contributed by atoms with van der Waals surface area (Å²) in [6.45, 7) is 8.57. The van der Waals surface area contributed by atoms with E-state index in [1.165, 1.54) is 6.42 Å². The van der Waals surface area contributed by atoms with Crippen LogP contribution >= 0.6 is 0 Å². The molecule has 0 aromatic heterocycles. The fourth-order valence-corrected chi connectivity index (χ4v) is 4.41. The molecule has 0 aliphatic heterocycles. The van der Waals surface area contributed by atoms with Gasteiger partial charge in [0.15, 0.2) is 0 Å².